The molecule has 3 nitrogen and oxygen atoms in total. The highest BCUT2D eigenvalue weighted by atomic mass is 16.5. The van der Waals surface area contributed by atoms with Gasteiger partial charge in [-0.3, -0.25) is 4.99 Å². The Morgan fingerprint density at radius 1 is 0.800 bits per heavy atom. The molecule has 0 saturated carbocycles. The second-order valence-corrected chi connectivity index (χ2v) is 8.07. The quantitative estimate of drug-likeness (QED) is 0.239. The van der Waals surface area contributed by atoms with Crippen molar-refractivity contribution in [3.63, 3.8) is 0 Å². The van der Waals surface area contributed by atoms with E-state index in [1.54, 1.807) is 12.3 Å². The maximum absolute atomic E-state index is 10.3. The average Bonchev–Trinajstić information content (AvgIpc) is 2.76. The Kier molecular flexibility index (Phi) is 11.7. The summed E-state index contributed by atoms with van der Waals surface area (Å²) in [5.74, 6) is 0.916. The molecule has 0 fully saturated rings. The normalized spacial score (nSPS) is 11.3. The molecule has 2 aromatic rings. The Hall–Kier alpha value is -2.29. The number of nitrogens with zero attached hydrogens (tertiary/aromatic N) is 1. The SMILES string of the molecule is CCCCCCCCCCOc1ccc(C=Nc2ccc(CCCC)cc2)c(O)c1. The van der Waals surface area contributed by atoms with Gasteiger partial charge in [-0.05, 0) is 49.1 Å². The van der Waals surface area contributed by atoms with Gasteiger partial charge in [-0.2, -0.15) is 0 Å². The van der Waals surface area contributed by atoms with Crippen molar-refractivity contribution in [2.24, 2.45) is 4.99 Å². The lowest BCUT2D eigenvalue weighted by atomic mass is 10.1. The number of rotatable bonds is 15. The Morgan fingerprint density at radius 3 is 2.13 bits per heavy atom. The number of aliphatic imine (C=N–C) groups is 1. The van der Waals surface area contributed by atoms with Gasteiger partial charge in [-0.25, -0.2) is 0 Å². The van der Waals surface area contributed by atoms with Crippen molar-refractivity contribution in [2.45, 2.75) is 84.5 Å². The summed E-state index contributed by atoms with van der Waals surface area (Å²) in [6.07, 6.45) is 15.5. The molecule has 0 aliphatic carbocycles. The number of phenols is 1. The van der Waals surface area contributed by atoms with Crippen LogP contribution in [0.15, 0.2) is 47.5 Å². The molecule has 2 rings (SSSR count). The third-order valence-corrected chi connectivity index (χ3v) is 5.38. The lowest BCUT2D eigenvalue weighted by molar-refractivity contribution is 0.302. The Bertz CT molecular complexity index is 737. The smallest absolute Gasteiger partial charge is 0.128 e. The molecule has 0 heterocycles. The van der Waals surface area contributed by atoms with Gasteiger partial charge in [0.1, 0.15) is 11.5 Å². The molecule has 30 heavy (non-hydrogen) atoms. The van der Waals surface area contributed by atoms with Crippen LogP contribution in [0.5, 0.6) is 11.5 Å². The van der Waals surface area contributed by atoms with Gasteiger partial charge in [-0.1, -0.05) is 77.3 Å². The van der Waals surface area contributed by atoms with E-state index < -0.39 is 0 Å². The van der Waals surface area contributed by atoms with E-state index >= 15 is 0 Å². The Balaban J connectivity index is 1.72. The van der Waals surface area contributed by atoms with Crippen LogP contribution in [-0.4, -0.2) is 17.9 Å². The van der Waals surface area contributed by atoms with E-state index in [9.17, 15) is 5.11 Å². The van der Waals surface area contributed by atoms with Gasteiger partial charge in [0.25, 0.3) is 0 Å². The van der Waals surface area contributed by atoms with Crippen molar-refractivity contribution in [3.8, 4) is 11.5 Å². The highest BCUT2D eigenvalue weighted by Crippen LogP contribution is 2.24. The number of aryl methyl sites for hydroxylation is 1. The number of hydrogen-bond acceptors (Lipinski definition) is 3. The molecule has 3 heteroatoms. The predicted octanol–water partition coefficient (Wildman–Crippen LogP) is 8.00. The number of phenolic OH excluding ortho intramolecular Hbond substituents is 1. The molecular weight excluding hydrogens is 370 g/mol. The van der Waals surface area contributed by atoms with E-state index in [1.165, 1.54) is 63.4 Å². The standard InChI is InChI=1S/C27H39NO2/c1-3-5-7-8-9-10-11-12-20-30-26-19-16-24(27(29)21-26)22-28-25-17-14-23(15-18-25)13-6-4-2/h14-19,21-22,29H,3-13,20H2,1-2H3. The second-order valence-electron chi connectivity index (χ2n) is 8.07. The predicted molar refractivity (Wildman–Crippen MR) is 129 cm³/mol. The zero-order valence-corrected chi connectivity index (χ0v) is 18.9. The summed E-state index contributed by atoms with van der Waals surface area (Å²) in [4.78, 5) is 4.49. The van der Waals surface area contributed by atoms with E-state index in [4.69, 9.17) is 4.74 Å². The van der Waals surface area contributed by atoms with Crippen molar-refractivity contribution < 1.29 is 9.84 Å². The summed E-state index contributed by atoms with van der Waals surface area (Å²) in [6, 6.07) is 13.8. The van der Waals surface area contributed by atoms with Crippen molar-refractivity contribution in [3.05, 3.63) is 53.6 Å². The average molecular weight is 410 g/mol. The molecule has 0 amide bonds. The molecule has 1 N–H and O–H groups in total. The van der Waals surface area contributed by atoms with Gasteiger partial charge in [0.15, 0.2) is 0 Å². The molecular formula is C27H39NO2. The van der Waals surface area contributed by atoms with Gasteiger partial charge < -0.3 is 9.84 Å². The second kappa shape index (κ2) is 14.7. The first-order valence-electron chi connectivity index (χ1n) is 11.8. The molecule has 0 saturated heterocycles. The van der Waals surface area contributed by atoms with Crippen molar-refractivity contribution in [2.75, 3.05) is 6.61 Å². The molecule has 0 aromatic heterocycles. The minimum absolute atomic E-state index is 0.201. The number of hydrogen-bond donors (Lipinski definition) is 1. The van der Waals surface area contributed by atoms with Crippen LogP contribution in [0.2, 0.25) is 0 Å². The number of benzene rings is 2. The first kappa shape index (κ1) is 24.0. The van der Waals surface area contributed by atoms with Crippen molar-refractivity contribution >= 4 is 11.9 Å². The molecule has 0 radical (unpaired) electrons. The summed E-state index contributed by atoms with van der Waals surface area (Å²) in [5.41, 5.74) is 2.94. The molecule has 2 aromatic carbocycles. The molecule has 0 spiro atoms. The molecule has 164 valence electrons. The van der Waals surface area contributed by atoms with Crippen molar-refractivity contribution in [1.29, 1.82) is 0 Å². The number of unbranched alkanes of at least 4 members (excludes halogenated alkanes) is 8. The molecule has 0 bridgehead atoms. The highest BCUT2D eigenvalue weighted by molar-refractivity contribution is 5.85. The van der Waals surface area contributed by atoms with Crippen LogP contribution in [0.3, 0.4) is 0 Å². The Morgan fingerprint density at radius 2 is 1.47 bits per heavy atom. The van der Waals surface area contributed by atoms with E-state index in [1.807, 2.05) is 24.3 Å². The van der Waals surface area contributed by atoms with Crippen LogP contribution in [0.4, 0.5) is 5.69 Å². The van der Waals surface area contributed by atoms with E-state index in [-0.39, 0.29) is 5.75 Å². The topological polar surface area (TPSA) is 41.8 Å². The lowest BCUT2D eigenvalue weighted by Gasteiger charge is -2.08. The van der Waals surface area contributed by atoms with E-state index in [0.717, 1.165) is 18.5 Å². The fourth-order valence-corrected chi connectivity index (χ4v) is 3.42. The van der Waals surface area contributed by atoms with Gasteiger partial charge in [-0.15, -0.1) is 0 Å². The van der Waals surface area contributed by atoms with Crippen molar-refractivity contribution in [1.82, 2.24) is 0 Å². The minimum atomic E-state index is 0.201. The monoisotopic (exact) mass is 409 g/mol. The summed E-state index contributed by atoms with van der Waals surface area (Å²) >= 11 is 0. The highest BCUT2D eigenvalue weighted by Gasteiger charge is 2.02. The first-order chi connectivity index (χ1) is 14.7. The molecule has 0 unspecified atom stereocenters. The van der Waals surface area contributed by atoms with Crippen LogP contribution >= 0.6 is 0 Å². The van der Waals surface area contributed by atoms with Crippen LogP contribution in [0.1, 0.15) is 89.2 Å². The fraction of sp³-hybridized carbons (Fsp3) is 0.519. The first-order valence-corrected chi connectivity index (χ1v) is 11.8. The summed E-state index contributed by atoms with van der Waals surface area (Å²) in [5, 5.41) is 10.3. The maximum Gasteiger partial charge on any atom is 0.128 e. The molecule has 0 atom stereocenters. The zero-order valence-electron chi connectivity index (χ0n) is 18.9. The largest absolute Gasteiger partial charge is 0.507 e. The van der Waals surface area contributed by atoms with Gasteiger partial charge in [0.2, 0.25) is 0 Å². The van der Waals surface area contributed by atoms with E-state index in [0.29, 0.717) is 17.9 Å². The van der Waals surface area contributed by atoms with Gasteiger partial charge >= 0.3 is 0 Å². The molecule has 0 aliphatic rings. The maximum atomic E-state index is 10.3. The number of ether oxygens (including phenoxy) is 1. The third-order valence-electron chi connectivity index (χ3n) is 5.38. The van der Waals surface area contributed by atoms with Gasteiger partial charge in [0, 0.05) is 17.8 Å². The Labute approximate surface area is 183 Å². The lowest BCUT2D eigenvalue weighted by Crippen LogP contribution is -1.97. The summed E-state index contributed by atoms with van der Waals surface area (Å²) < 4.78 is 5.79. The van der Waals surface area contributed by atoms with Crippen LogP contribution in [0, 0.1) is 0 Å². The minimum Gasteiger partial charge on any atom is -0.507 e. The fourth-order valence-electron chi connectivity index (χ4n) is 3.42. The third kappa shape index (κ3) is 9.47. The van der Waals surface area contributed by atoms with E-state index in [2.05, 4.69) is 31.0 Å². The molecule has 0 aliphatic heterocycles. The van der Waals surface area contributed by atoms with Crippen LogP contribution in [-0.2, 0) is 6.42 Å². The van der Waals surface area contributed by atoms with Crippen LogP contribution in [0.25, 0.3) is 0 Å². The zero-order chi connectivity index (χ0) is 21.4. The van der Waals surface area contributed by atoms with Crippen LogP contribution < -0.4 is 4.74 Å². The number of aromatic hydroxyl groups is 1. The summed E-state index contributed by atoms with van der Waals surface area (Å²) in [6.45, 7) is 5.16. The van der Waals surface area contributed by atoms with Gasteiger partial charge in [0.05, 0.1) is 12.3 Å². The summed E-state index contributed by atoms with van der Waals surface area (Å²) in [7, 11) is 0.